The van der Waals surface area contributed by atoms with Crippen molar-refractivity contribution in [3.8, 4) is 0 Å². The molecule has 0 atom stereocenters. The molecular weight excluding hydrogens is 143 g/mol. The lowest BCUT2D eigenvalue weighted by atomic mass is 9.80. The average molecular weight is 149 g/mol. The monoisotopic (exact) mass is 149 g/mol. The van der Waals surface area contributed by atoms with Crippen molar-refractivity contribution in [2.24, 2.45) is 0 Å². The molecule has 0 fully saturated rings. The Morgan fingerprint density at radius 1 is 1.18 bits per heavy atom. The Labute approximate surface area is 63.9 Å². The maximum atomic E-state index is 8.65. The molecule has 54 valence electrons. The summed E-state index contributed by atoms with van der Waals surface area (Å²) in [5, 5.41) is 25.6. The predicted octanol–water partition coefficient (Wildman–Crippen LogP) is -0.149. The van der Waals surface area contributed by atoms with Crippen molar-refractivity contribution < 1.29 is 10.0 Å². The summed E-state index contributed by atoms with van der Waals surface area (Å²) in [6, 6.07) is 5.91. The van der Waals surface area contributed by atoms with E-state index < -0.39 is 7.12 Å². The van der Waals surface area contributed by atoms with E-state index in [2.05, 4.69) is 4.98 Å². The van der Waals surface area contributed by atoms with Gasteiger partial charge in [0.1, 0.15) is 0 Å². The Kier molecular flexibility index (Phi) is 2.21. The third kappa shape index (κ3) is 1.77. The zero-order valence-corrected chi connectivity index (χ0v) is 5.68. The predicted molar refractivity (Wildman–Crippen MR) is 41.0 cm³/mol. The van der Waals surface area contributed by atoms with Crippen molar-refractivity contribution in [1.82, 2.24) is 0 Å². The second kappa shape index (κ2) is 3.15. The first-order valence-corrected chi connectivity index (χ1v) is 3.05. The molecule has 5 heteroatoms. The molecule has 0 spiro atoms. The van der Waals surface area contributed by atoms with E-state index in [-0.39, 0.29) is 0 Å². The van der Waals surface area contributed by atoms with Gasteiger partial charge in [-0.2, -0.15) is 0 Å². The number of diazo groups is 1. The molecule has 1 rings (SSSR count). The third-order valence-corrected chi connectivity index (χ3v) is 1.31. The summed E-state index contributed by atoms with van der Waals surface area (Å²) in [6.45, 7) is 0. The van der Waals surface area contributed by atoms with Crippen molar-refractivity contribution in [2.45, 2.75) is 0 Å². The van der Waals surface area contributed by atoms with Gasteiger partial charge in [0.25, 0.3) is 0 Å². The molecule has 0 aromatic heterocycles. The summed E-state index contributed by atoms with van der Waals surface area (Å²) >= 11 is 0. The van der Waals surface area contributed by atoms with E-state index in [0.29, 0.717) is 11.2 Å². The van der Waals surface area contributed by atoms with E-state index in [0.717, 1.165) is 0 Å². The van der Waals surface area contributed by atoms with Gasteiger partial charge < -0.3 is 10.0 Å². The largest absolute Gasteiger partial charge is 0.488 e. The first-order chi connectivity index (χ1) is 5.24. The SMILES string of the molecule is N#[N+]c1ccc(B(O)O)cc1. The topological polar surface area (TPSA) is 68.6 Å². The van der Waals surface area contributed by atoms with E-state index in [1.54, 1.807) is 0 Å². The van der Waals surface area contributed by atoms with Crippen LogP contribution in [0.15, 0.2) is 24.3 Å². The lowest BCUT2D eigenvalue weighted by Gasteiger charge is -1.93. The molecule has 4 nitrogen and oxygen atoms in total. The van der Waals surface area contributed by atoms with Gasteiger partial charge in [0.05, 0.1) is 0 Å². The van der Waals surface area contributed by atoms with Gasteiger partial charge in [-0.05, 0) is 5.46 Å². The first-order valence-electron chi connectivity index (χ1n) is 3.05. The van der Waals surface area contributed by atoms with Crippen LogP contribution in [0.1, 0.15) is 0 Å². The molecule has 0 saturated carbocycles. The summed E-state index contributed by atoms with van der Waals surface area (Å²) in [7, 11) is -1.47. The number of rotatable bonds is 1. The molecule has 1 aromatic rings. The van der Waals surface area contributed by atoms with Crippen molar-refractivity contribution in [2.75, 3.05) is 0 Å². The Balaban J connectivity index is 2.94. The van der Waals surface area contributed by atoms with Crippen LogP contribution < -0.4 is 5.46 Å². The molecule has 11 heavy (non-hydrogen) atoms. The molecule has 0 radical (unpaired) electrons. The number of nitrogens with zero attached hydrogens (tertiary/aromatic N) is 2. The van der Waals surface area contributed by atoms with E-state index in [4.69, 9.17) is 15.4 Å². The summed E-state index contributed by atoms with van der Waals surface area (Å²) < 4.78 is 0. The molecule has 0 unspecified atom stereocenters. The smallest absolute Gasteiger partial charge is 0.423 e. The van der Waals surface area contributed by atoms with Crippen LogP contribution in [0, 0.1) is 5.39 Å². The van der Waals surface area contributed by atoms with E-state index >= 15 is 0 Å². The molecule has 0 bridgehead atoms. The van der Waals surface area contributed by atoms with Crippen LogP contribution in [0.4, 0.5) is 5.69 Å². The maximum Gasteiger partial charge on any atom is 0.488 e. The van der Waals surface area contributed by atoms with Crippen molar-refractivity contribution >= 4 is 18.3 Å². The van der Waals surface area contributed by atoms with Crippen LogP contribution in [0.3, 0.4) is 0 Å². The number of benzene rings is 1. The van der Waals surface area contributed by atoms with Crippen LogP contribution in [0.25, 0.3) is 4.98 Å². The van der Waals surface area contributed by atoms with Crippen LogP contribution in [0.2, 0.25) is 0 Å². The summed E-state index contributed by atoms with van der Waals surface area (Å²) in [4.78, 5) is 2.91. The van der Waals surface area contributed by atoms with E-state index in [1.807, 2.05) is 0 Å². The van der Waals surface area contributed by atoms with Crippen molar-refractivity contribution in [3.05, 3.63) is 29.2 Å². The molecular formula is C6H6BN2O2+. The molecule has 0 amide bonds. The summed E-state index contributed by atoms with van der Waals surface area (Å²) in [5.74, 6) is 0. The van der Waals surface area contributed by atoms with Gasteiger partial charge >= 0.3 is 12.8 Å². The quantitative estimate of drug-likeness (QED) is 0.430. The van der Waals surface area contributed by atoms with Gasteiger partial charge in [-0.15, -0.1) is 0 Å². The Bertz CT molecular complexity index is 278. The number of hydrogen-bond acceptors (Lipinski definition) is 3. The van der Waals surface area contributed by atoms with Gasteiger partial charge in [-0.1, -0.05) is 12.1 Å². The van der Waals surface area contributed by atoms with Crippen molar-refractivity contribution in [1.29, 1.82) is 5.39 Å². The second-order valence-corrected chi connectivity index (χ2v) is 2.07. The first kappa shape index (κ1) is 7.73. The van der Waals surface area contributed by atoms with E-state index in [9.17, 15) is 0 Å². The number of hydrogen-bond donors (Lipinski definition) is 2. The van der Waals surface area contributed by atoms with Gasteiger partial charge in [0, 0.05) is 12.1 Å². The molecule has 0 aliphatic carbocycles. The second-order valence-electron chi connectivity index (χ2n) is 2.07. The highest BCUT2D eigenvalue weighted by molar-refractivity contribution is 6.58. The lowest BCUT2D eigenvalue weighted by Crippen LogP contribution is -2.29. The Morgan fingerprint density at radius 2 is 1.73 bits per heavy atom. The molecule has 0 heterocycles. The van der Waals surface area contributed by atoms with Gasteiger partial charge in [-0.25, -0.2) is 0 Å². The summed E-state index contributed by atoms with van der Waals surface area (Å²) in [5.41, 5.74) is 0.756. The highest BCUT2D eigenvalue weighted by atomic mass is 16.4. The van der Waals surface area contributed by atoms with Crippen LogP contribution in [-0.4, -0.2) is 17.2 Å². The molecule has 1 aromatic carbocycles. The molecule has 0 aliphatic heterocycles. The van der Waals surface area contributed by atoms with Crippen molar-refractivity contribution in [3.63, 3.8) is 0 Å². The minimum absolute atomic E-state index is 0.373. The van der Waals surface area contributed by atoms with Crippen LogP contribution >= 0.6 is 0 Å². The average Bonchev–Trinajstić information content (AvgIpc) is 2.05. The standard InChI is InChI=1S/C6H6BN2O2/c8-9-6-3-1-5(2-4-6)7(10)11/h1-4,10-11H/q+1. The fourth-order valence-electron chi connectivity index (χ4n) is 0.713. The Hall–Kier alpha value is -1.38. The highest BCUT2D eigenvalue weighted by Crippen LogP contribution is 2.07. The minimum atomic E-state index is -1.47. The highest BCUT2D eigenvalue weighted by Gasteiger charge is 2.12. The van der Waals surface area contributed by atoms with E-state index in [1.165, 1.54) is 24.3 Å². The molecule has 0 aliphatic rings. The molecule has 0 saturated heterocycles. The normalized spacial score (nSPS) is 8.82. The maximum absolute atomic E-state index is 8.65. The Morgan fingerprint density at radius 3 is 2.09 bits per heavy atom. The lowest BCUT2D eigenvalue weighted by molar-refractivity contribution is 0.426. The fourth-order valence-corrected chi connectivity index (χ4v) is 0.713. The van der Waals surface area contributed by atoms with Gasteiger partial charge in [0.2, 0.25) is 5.39 Å². The fraction of sp³-hybridized carbons (Fsp3) is 0. The third-order valence-electron chi connectivity index (χ3n) is 1.31. The zero-order chi connectivity index (χ0) is 8.27. The van der Waals surface area contributed by atoms with Crippen LogP contribution in [-0.2, 0) is 0 Å². The zero-order valence-electron chi connectivity index (χ0n) is 5.68. The molecule has 2 N–H and O–H groups in total. The van der Waals surface area contributed by atoms with Crippen LogP contribution in [0.5, 0.6) is 0 Å². The van der Waals surface area contributed by atoms with Gasteiger partial charge in [0.15, 0.2) is 4.98 Å². The minimum Gasteiger partial charge on any atom is -0.423 e. The van der Waals surface area contributed by atoms with Gasteiger partial charge in [-0.3, -0.25) is 0 Å². The summed E-state index contributed by atoms with van der Waals surface area (Å²) in [6.07, 6.45) is 0.